The molecule has 15 heavy (non-hydrogen) atoms. The van der Waals surface area contributed by atoms with Crippen LogP contribution in [0.1, 0.15) is 0 Å². The van der Waals surface area contributed by atoms with Crippen LogP contribution < -0.4 is 0 Å². The molecule has 0 saturated carbocycles. The predicted octanol–water partition coefficient (Wildman–Crippen LogP) is 1.14. The van der Waals surface area contributed by atoms with E-state index < -0.39 is 26.0 Å². The largest absolute Gasteiger partial charge is 0.476 e. The molecule has 7 heteroatoms. The molecule has 0 aromatic heterocycles. The van der Waals surface area contributed by atoms with Crippen LogP contribution in [0.4, 0.5) is 8.78 Å². The summed E-state index contributed by atoms with van der Waals surface area (Å²) in [7, 11) is -5.17. The Balaban J connectivity index is 3.33. The molecule has 0 radical (unpaired) electrons. The molecule has 0 saturated heterocycles. The Morgan fingerprint density at radius 1 is 1.20 bits per heavy atom. The van der Waals surface area contributed by atoms with Gasteiger partial charge in [-0.1, -0.05) is 18.2 Å². The van der Waals surface area contributed by atoms with Gasteiger partial charge in [-0.15, -0.1) is 0 Å². The number of benzene rings is 1. The lowest BCUT2D eigenvalue weighted by atomic mass is 10.4. The molecule has 0 fully saturated rings. The Hall–Kier alpha value is -1.50. The summed E-state index contributed by atoms with van der Waals surface area (Å²) in [6.07, 6.45) is 0. The lowest BCUT2D eigenvalue weighted by Gasteiger charge is -2.11. The topological polar surface area (TPSA) is 71.4 Å². The summed E-state index contributed by atoms with van der Waals surface area (Å²) in [5.41, 5.74) is 0. The van der Waals surface area contributed by atoms with E-state index >= 15 is 0 Å². The van der Waals surface area contributed by atoms with Gasteiger partial charge < -0.3 is 5.11 Å². The maximum Gasteiger partial charge on any atom is 0.444 e. The molecule has 0 atom stereocenters. The molecule has 4 nitrogen and oxygen atoms in total. The van der Waals surface area contributed by atoms with E-state index in [1.165, 1.54) is 18.2 Å². The standard InChI is InChI=1S/C8H6F2O4S/c9-8(10,7(11)12)15(13,14)6-4-2-1-3-5-6/h1-5H,(H,11,12). The molecule has 1 aromatic rings. The minimum absolute atomic E-state index is 0.725. The fraction of sp³-hybridized carbons (Fsp3) is 0.125. The lowest BCUT2D eigenvalue weighted by molar-refractivity contribution is -0.153. The monoisotopic (exact) mass is 236 g/mol. The third-order valence-electron chi connectivity index (χ3n) is 1.64. The maximum absolute atomic E-state index is 12.8. The molecule has 0 heterocycles. The van der Waals surface area contributed by atoms with Crippen molar-refractivity contribution in [3.8, 4) is 0 Å². The number of rotatable bonds is 3. The number of carboxylic acids is 1. The molecule has 0 aliphatic rings. The number of alkyl halides is 2. The van der Waals surface area contributed by atoms with Crippen LogP contribution >= 0.6 is 0 Å². The summed E-state index contributed by atoms with van der Waals surface area (Å²) in [5, 5.41) is 3.30. The zero-order chi connectivity index (χ0) is 11.7. The summed E-state index contributed by atoms with van der Waals surface area (Å²) < 4.78 is 48.0. The van der Waals surface area contributed by atoms with Gasteiger partial charge in [0, 0.05) is 0 Å². The van der Waals surface area contributed by atoms with Crippen molar-refractivity contribution in [3.05, 3.63) is 30.3 Å². The van der Waals surface area contributed by atoms with Gasteiger partial charge in [-0.3, -0.25) is 0 Å². The van der Waals surface area contributed by atoms with E-state index in [-0.39, 0.29) is 0 Å². The third-order valence-corrected chi connectivity index (χ3v) is 3.38. The van der Waals surface area contributed by atoms with Crippen LogP contribution in [-0.2, 0) is 14.6 Å². The van der Waals surface area contributed by atoms with E-state index in [2.05, 4.69) is 0 Å². The Morgan fingerprint density at radius 2 is 1.67 bits per heavy atom. The number of hydrogen-bond donors (Lipinski definition) is 1. The number of hydrogen-bond acceptors (Lipinski definition) is 3. The molecule has 0 amide bonds. The van der Waals surface area contributed by atoms with Gasteiger partial charge in [0.2, 0.25) is 0 Å². The van der Waals surface area contributed by atoms with Crippen LogP contribution in [0.2, 0.25) is 0 Å². The quantitative estimate of drug-likeness (QED) is 0.854. The minimum Gasteiger partial charge on any atom is -0.476 e. The van der Waals surface area contributed by atoms with Gasteiger partial charge in [0.05, 0.1) is 4.90 Å². The molecule has 0 unspecified atom stereocenters. The second-order valence-corrected chi connectivity index (χ2v) is 4.63. The highest BCUT2D eigenvalue weighted by Crippen LogP contribution is 2.28. The van der Waals surface area contributed by atoms with E-state index in [0.29, 0.717) is 0 Å². The van der Waals surface area contributed by atoms with Crippen LogP contribution in [0.3, 0.4) is 0 Å². The van der Waals surface area contributed by atoms with Crippen molar-refractivity contribution in [1.82, 2.24) is 0 Å². The molecule has 0 bridgehead atoms. The fourth-order valence-electron chi connectivity index (χ4n) is 0.863. The normalized spacial score (nSPS) is 12.4. The van der Waals surface area contributed by atoms with Gasteiger partial charge >= 0.3 is 11.2 Å². The highest BCUT2D eigenvalue weighted by atomic mass is 32.2. The zero-order valence-electron chi connectivity index (χ0n) is 7.22. The first-order chi connectivity index (χ1) is 6.80. The number of carbonyl (C=O) groups is 1. The molecule has 0 spiro atoms. The van der Waals surface area contributed by atoms with Crippen molar-refractivity contribution in [1.29, 1.82) is 0 Å². The molecule has 0 aliphatic carbocycles. The van der Waals surface area contributed by atoms with Gasteiger partial charge in [0.15, 0.2) is 0 Å². The average Bonchev–Trinajstić information content (AvgIpc) is 2.18. The summed E-state index contributed by atoms with van der Waals surface area (Å²) >= 11 is 0. The van der Waals surface area contributed by atoms with Crippen molar-refractivity contribution < 1.29 is 27.1 Å². The number of halogens is 2. The van der Waals surface area contributed by atoms with E-state index in [4.69, 9.17) is 5.11 Å². The molecule has 1 aromatic carbocycles. The summed E-state index contributed by atoms with van der Waals surface area (Å²) in [5.74, 6) is -2.69. The van der Waals surface area contributed by atoms with Gasteiger partial charge in [0.1, 0.15) is 0 Å². The highest BCUT2D eigenvalue weighted by Gasteiger charge is 2.53. The fourth-order valence-corrected chi connectivity index (χ4v) is 1.90. The van der Waals surface area contributed by atoms with Crippen molar-refractivity contribution in [2.24, 2.45) is 0 Å². The van der Waals surface area contributed by atoms with Crippen molar-refractivity contribution in [3.63, 3.8) is 0 Å². The smallest absolute Gasteiger partial charge is 0.444 e. The van der Waals surface area contributed by atoms with Gasteiger partial charge in [-0.2, -0.15) is 8.78 Å². The van der Waals surface area contributed by atoms with Gasteiger partial charge in [-0.05, 0) is 12.1 Å². The summed E-state index contributed by atoms with van der Waals surface area (Å²) in [6, 6.07) is 5.70. The molecular formula is C8H6F2O4S. The number of carboxylic acid groups (broad SMARTS) is 1. The van der Waals surface area contributed by atoms with E-state index in [1.54, 1.807) is 0 Å². The maximum atomic E-state index is 12.8. The molecule has 82 valence electrons. The van der Waals surface area contributed by atoms with Crippen molar-refractivity contribution >= 4 is 15.8 Å². The van der Waals surface area contributed by atoms with E-state index in [1.807, 2.05) is 0 Å². The first-order valence-electron chi connectivity index (χ1n) is 3.71. The Labute approximate surface area is 84.1 Å². The summed E-state index contributed by atoms with van der Waals surface area (Å²) in [4.78, 5) is 9.39. The van der Waals surface area contributed by atoms with Gasteiger partial charge in [-0.25, -0.2) is 13.2 Å². The second kappa shape index (κ2) is 3.58. The Morgan fingerprint density at radius 3 is 2.07 bits per heavy atom. The van der Waals surface area contributed by atoms with Crippen LogP contribution in [0, 0.1) is 0 Å². The minimum atomic E-state index is -5.17. The van der Waals surface area contributed by atoms with E-state index in [0.717, 1.165) is 12.1 Å². The SMILES string of the molecule is O=C(O)C(F)(F)S(=O)(=O)c1ccccc1. The predicted molar refractivity (Wildman–Crippen MR) is 46.2 cm³/mol. The van der Waals surface area contributed by atoms with Crippen LogP contribution in [0.15, 0.2) is 35.2 Å². The van der Waals surface area contributed by atoms with Gasteiger partial charge in [0.25, 0.3) is 9.84 Å². The first-order valence-corrected chi connectivity index (χ1v) is 5.19. The molecule has 0 aliphatic heterocycles. The molecular weight excluding hydrogens is 230 g/mol. The van der Waals surface area contributed by atoms with Crippen molar-refractivity contribution in [2.75, 3.05) is 0 Å². The first kappa shape index (κ1) is 11.6. The average molecular weight is 236 g/mol. The van der Waals surface area contributed by atoms with Crippen LogP contribution in [0.5, 0.6) is 0 Å². The number of sulfone groups is 1. The Bertz CT molecular complexity index is 467. The van der Waals surface area contributed by atoms with E-state index in [9.17, 15) is 22.0 Å². The Kier molecular flexibility index (Phi) is 2.76. The molecule has 1 rings (SSSR count). The van der Waals surface area contributed by atoms with Crippen molar-refractivity contribution in [2.45, 2.75) is 10.2 Å². The van der Waals surface area contributed by atoms with Crippen LogP contribution in [0.25, 0.3) is 0 Å². The molecule has 1 N–H and O–H groups in total. The second-order valence-electron chi connectivity index (χ2n) is 2.64. The van der Waals surface area contributed by atoms with Crippen LogP contribution in [-0.4, -0.2) is 24.7 Å². The third kappa shape index (κ3) is 1.82. The highest BCUT2D eigenvalue weighted by molar-refractivity contribution is 7.93. The summed E-state index contributed by atoms with van der Waals surface area (Å²) in [6.45, 7) is 0. The number of aliphatic carboxylic acids is 1. The lowest BCUT2D eigenvalue weighted by Crippen LogP contribution is -2.37. The zero-order valence-corrected chi connectivity index (χ0v) is 8.04.